The van der Waals surface area contributed by atoms with Gasteiger partial charge < -0.3 is 9.84 Å². The summed E-state index contributed by atoms with van der Waals surface area (Å²) in [6.07, 6.45) is 2.26. The van der Waals surface area contributed by atoms with Crippen LogP contribution in [0.2, 0.25) is 0 Å². The average Bonchev–Trinajstić information content (AvgIpc) is 3.46. The lowest BCUT2D eigenvalue weighted by Crippen LogP contribution is -2.13. The third kappa shape index (κ3) is 3.71. The first-order valence-corrected chi connectivity index (χ1v) is 10.9. The summed E-state index contributed by atoms with van der Waals surface area (Å²) in [5.41, 5.74) is 3.70. The fourth-order valence-electron chi connectivity index (χ4n) is 3.92. The fraction of sp³-hybridized carbons (Fsp3) is 0.160. The standard InChI is InChI=1S/C25H19FN6O2/c1-13-21-19(12-20(28-25(21)34-32-13)14-7-9-17(26)10-8-14)24(33)27-18-4-2-3-16(11-18)23-29-22(30-31-23)15-5-6-15/h2-4,7-12,15H,5-6H2,1H3,(H,27,33)(H,29,30,31). The largest absolute Gasteiger partial charge is 0.335 e. The topological polar surface area (TPSA) is 110 Å². The number of benzene rings is 2. The number of aryl methyl sites for hydroxylation is 1. The molecule has 0 radical (unpaired) electrons. The maximum atomic E-state index is 13.4. The Balaban J connectivity index is 1.34. The average molecular weight is 454 g/mol. The van der Waals surface area contributed by atoms with Gasteiger partial charge in [0, 0.05) is 22.7 Å². The first-order valence-electron chi connectivity index (χ1n) is 10.9. The Morgan fingerprint density at radius 3 is 2.71 bits per heavy atom. The third-order valence-electron chi connectivity index (χ3n) is 5.85. The van der Waals surface area contributed by atoms with E-state index in [1.807, 2.05) is 18.2 Å². The summed E-state index contributed by atoms with van der Waals surface area (Å²) in [5, 5.41) is 14.8. The van der Waals surface area contributed by atoms with Crippen molar-refractivity contribution in [2.75, 3.05) is 5.32 Å². The van der Waals surface area contributed by atoms with Crippen molar-refractivity contribution in [3.05, 3.63) is 77.5 Å². The molecule has 2 aromatic carbocycles. The molecule has 5 aromatic rings. The Morgan fingerprint density at radius 2 is 1.91 bits per heavy atom. The van der Waals surface area contributed by atoms with E-state index in [4.69, 9.17) is 4.52 Å². The number of amides is 1. The van der Waals surface area contributed by atoms with Crippen molar-refractivity contribution in [3.8, 4) is 22.6 Å². The molecule has 9 heteroatoms. The molecular weight excluding hydrogens is 435 g/mol. The van der Waals surface area contributed by atoms with Crippen LogP contribution in [-0.2, 0) is 0 Å². The number of hydrogen-bond donors (Lipinski definition) is 2. The number of aromatic nitrogens is 5. The van der Waals surface area contributed by atoms with Gasteiger partial charge in [-0.1, -0.05) is 17.3 Å². The molecule has 1 fully saturated rings. The molecule has 8 nitrogen and oxygen atoms in total. The quantitative estimate of drug-likeness (QED) is 0.375. The number of halogens is 1. The van der Waals surface area contributed by atoms with Gasteiger partial charge in [-0.2, -0.15) is 5.10 Å². The van der Waals surface area contributed by atoms with E-state index in [1.165, 1.54) is 12.1 Å². The fourth-order valence-corrected chi connectivity index (χ4v) is 3.92. The van der Waals surface area contributed by atoms with E-state index < -0.39 is 0 Å². The van der Waals surface area contributed by atoms with Crippen molar-refractivity contribution in [1.82, 2.24) is 25.3 Å². The zero-order valence-corrected chi connectivity index (χ0v) is 18.2. The van der Waals surface area contributed by atoms with Gasteiger partial charge in [-0.15, -0.1) is 0 Å². The van der Waals surface area contributed by atoms with Gasteiger partial charge in [-0.3, -0.25) is 9.89 Å². The number of anilines is 1. The maximum Gasteiger partial charge on any atom is 0.259 e. The van der Waals surface area contributed by atoms with Crippen molar-refractivity contribution in [2.24, 2.45) is 0 Å². The van der Waals surface area contributed by atoms with Crippen LogP contribution in [0.3, 0.4) is 0 Å². The van der Waals surface area contributed by atoms with Crippen LogP contribution in [0.4, 0.5) is 10.1 Å². The number of carbonyl (C=O) groups excluding carboxylic acids is 1. The molecule has 0 saturated heterocycles. The molecule has 1 saturated carbocycles. The van der Waals surface area contributed by atoms with E-state index >= 15 is 0 Å². The number of H-pyrrole nitrogens is 1. The number of hydrogen-bond acceptors (Lipinski definition) is 6. The summed E-state index contributed by atoms with van der Waals surface area (Å²) in [7, 11) is 0. The molecule has 168 valence electrons. The zero-order valence-electron chi connectivity index (χ0n) is 18.2. The van der Waals surface area contributed by atoms with Gasteiger partial charge in [0.15, 0.2) is 5.82 Å². The first-order chi connectivity index (χ1) is 16.5. The number of fused-ring (bicyclic) bond motifs is 1. The number of aromatic amines is 1. The molecule has 3 aromatic heterocycles. The summed E-state index contributed by atoms with van der Waals surface area (Å²) in [5.74, 6) is 1.28. The van der Waals surface area contributed by atoms with Crippen LogP contribution in [0.15, 0.2) is 59.1 Å². The zero-order chi connectivity index (χ0) is 23.2. The second-order valence-corrected chi connectivity index (χ2v) is 8.36. The normalized spacial score (nSPS) is 13.4. The van der Waals surface area contributed by atoms with Crippen LogP contribution in [0.25, 0.3) is 33.7 Å². The summed E-state index contributed by atoms with van der Waals surface area (Å²) in [6.45, 7) is 1.75. The van der Waals surface area contributed by atoms with E-state index in [0.717, 1.165) is 24.2 Å². The van der Waals surface area contributed by atoms with Crippen LogP contribution in [-0.4, -0.2) is 31.2 Å². The van der Waals surface area contributed by atoms with Crippen molar-refractivity contribution in [2.45, 2.75) is 25.7 Å². The molecule has 34 heavy (non-hydrogen) atoms. The Hall–Kier alpha value is -4.40. The molecule has 0 unspecified atom stereocenters. The first kappa shape index (κ1) is 20.2. The van der Waals surface area contributed by atoms with Gasteiger partial charge in [0.2, 0.25) is 0 Å². The molecule has 2 N–H and O–H groups in total. The Bertz CT molecular complexity index is 1540. The minimum Gasteiger partial charge on any atom is -0.335 e. The van der Waals surface area contributed by atoms with Gasteiger partial charge in [-0.05, 0) is 62.2 Å². The third-order valence-corrected chi connectivity index (χ3v) is 5.85. The lowest BCUT2D eigenvalue weighted by molar-refractivity contribution is 0.102. The number of carbonyl (C=O) groups is 1. The van der Waals surface area contributed by atoms with Crippen molar-refractivity contribution < 1.29 is 13.7 Å². The highest BCUT2D eigenvalue weighted by Crippen LogP contribution is 2.38. The second-order valence-electron chi connectivity index (χ2n) is 8.36. The molecule has 1 aliphatic carbocycles. The molecule has 0 aliphatic heterocycles. The number of nitrogens with one attached hydrogen (secondary N) is 2. The Kier molecular flexibility index (Phi) is 4.68. The Morgan fingerprint density at radius 1 is 1.09 bits per heavy atom. The number of rotatable bonds is 5. The molecule has 6 rings (SSSR count). The predicted octanol–water partition coefficient (Wildman–Crippen LogP) is 5.25. The monoisotopic (exact) mass is 454 g/mol. The molecule has 3 heterocycles. The van der Waals surface area contributed by atoms with E-state index in [1.54, 1.807) is 31.2 Å². The van der Waals surface area contributed by atoms with Gasteiger partial charge in [0.25, 0.3) is 11.6 Å². The number of nitrogens with zero attached hydrogens (tertiary/aromatic N) is 4. The van der Waals surface area contributed by atoms with Gasteiger partial charge in [-0.25, -0.2) is 14.4 Å². The van der Waals surface area contributed by atoms with Crippen LogP contribution < -0.4 is 5.32 Å². The SMILES string of the molecule is Cc1noc2nc(-c3ccc(F)cc3)cc(C(=O)Nc3cccc(-c4n[nH]c(C5CC5)n4)c3)c12. The second kappa shape index (κ2) is 7.87. The molecule has 0 atom stereocenters. The summed E-state index contributed by atoms with van der Waals surface area (Å²) < 4.78 is 18.7. The highest BCUT2D eigenvalue weighted by molar-refractivity contribution is 6.13. The molecular formula is C25H19FN6O2. The van der Waals surface area contributed by atoms with Gasteiger partial charge in [0.1, 0.15) is 11.6 Å². The lowest BCUT2D eigenvalue weighted by Gasteiger charge is -2.09. The van der Waals surface area contributed by atoms with E-state index in [-0.39, 0.29) is 17.4 Å². The molecule has 1 amide bonds. The van der Waals surface area contributed by atoms with Crippen molar-refractivity contribution >= 4 is 22.7 Å². The highest BCUT2D eigenvalue weighted by Gasteiger charge is 2.27. The molecule has 0 bridgehead atoms. The van der Waals surface area contributed by atoms with Crippen LogP contribution in [0.5, 0.6) is 0 Å². The summed E-state index contributed by atoms with van der Waals surface area (Å²) in [6, 6.07) is 14.9. The number of pyridine rings is 1. The Labute approximate surface area is 193 Å². The lowest BCUT2D eigenvalue weighted by atomic mass is 10.0. The van der Waals surface area contributed by atoms with E-state index in [2.05, 4.69) is 30.6 Å². The minimum atomic E-state index is -0.353. The molecule has 1 aliphatic rings. The van der Waals surface area contributed by atoms with Crippen molar-refractivity contribution in [3.63, 3.8) is 0 Å². The molecule has 0 spiro atoms. The van der Waals surface area contributed by atoms with E-state index in [9.17, 15) is 9.18 Å². The summed E-state index contributed by atoms with van der Waals surface area (Å²) in [4.78, 5) is 22.4. The van der Waals surface area contributed by atoms with Gasteiger partial charge in [0.05, 0.1) is 22.3 Å². The van der Waals surface area contributed by atoms with Crippen LogP contribution >= 0.6 is 0 Å². The van der Waals surface area contributed by atoms with Crippen LogP contribution in [0.1, 0.15) is 40.6 Å². The highest BCUT2D eigenvalue weighted by atomic mass is 19.1. The van der Waals surface area contributed by atoms with Crippen LogP contribution in [0, 0.1) is 12.7 Å². The van der Waals surface area contributed by atoms with Crippen molar-refractivity contribution in [1.29, 1.82) is 0 Å². The maximum absolute atomic E-state index is 13.4. The minimum absolute atomic E-state index is 0.242. The smallest absolute Gasteiger partial charge is 0.259 e. The predicted molar refractivity (Wildman–Crippen MR) is 124 cm³/mol. The van der Waals surface area contributed by atoms with E-state index in [0.29, 0.717) is 45.3 Å². The van der Waals surface area contributed by atoms with Gasteiger partial charge >= 0.3 is 0 Å². The summed E-state index contributed by atoms with van der Waals surface area (Å²) >= 11 is 0.